The van der Waals surface area contributed by atoms with Gasteiger partial charge in [-0.05, 0) is 36.6 Å². The van der Waals surface area contributed by atoms with Crippen molar-refractivity contribution in [1.82, 2.24) is 19.4 Å². The van der Waals surface area contributed by atoms with Crippen molar-refractivity contribution in [3.63, 3.8) is 0 Å². The Kier molecular flexibility index (Phi) is 6.61. The van der Waals surface area contributed by atoms with Crippen LogP contribution >= 0.6 is 11.3 Å². The van der Waals surface area contributed by atoms with Crippen LogP contribution in [0.1, 0.15) is 27.3 Å². The van der Waals surface area contributed by atoms with Crippen LogP contribution in [0.25, 0.3) is 21.0 Å². The monoisotopic (exact) mass is 493 g/mol. The van der Waals surface area contributed by atoms with Crippen molar-refractivity contribution in [2.24, 2.45) is 0 Å². The van der Waals surface area contributed by atoms with Gasteiger partial charge in [-0.15, -0.1) is 10.2 Å². The molecule has 0 saturated heterocycles. The average Bonchev–Trinajstić information content (AvgIpc) is 3.34. The van der Waals surface area contributed by atoms with Gasteiger partial charge in [-0.3, -0.25) is 4.79 Å². The van der Waals surface area contributed by atoms with Gasteiger partial charge in [0, 0.05) is 38.3 Å². The molecule has 174 valence electrons. The van der Waals surface area contributed by atoms with Crippen LogP contribution < -0.4 is 0 Å². The van der Waals surface area contributed by atoms with E-state index in [-0.39, 0.29) is 23.0 Å². The molecule has 0 unspecified atom stereocenters. The number of hydrogen-bond acceptors (Lipinski definition) is 6. The fourth-order valence-electron chi connectivity index (χ4n) is 3.72. The summed E-state index contributed by atoms with van der Waals surface area (Å²) in [7, 11) is -0.313. The molecule has 8 nitrogen and oxygen atoms in total. The summed E-state index contributed by atoms with van der Waals surface area (Å²) in [6, 6.07) is 11.9. The highest BCUT2D eigenvalue weighted by Crippen LogP contribution is 2.33. The predicted octanol–water partition coefficient (Wildman–Crippen LogP) is 4.24. The number of aryl methyl sites for hydroxylation is 1. The number of carbonyl (C=O) groups is 1. The molecule has 34 heavy (non-hydrogen) atoms. The Hall–Kier alpha value is -3.39. The van der Waals surface area contributed by atoms with Crippen molar-refractivity contribution in [3.05, 3.63) is 76.1 Å². The molecule has 0 N–H and O–H groups in total. The van der Waals surface area contributed by atoms with E-state index < -0.39 is 10.0 Å². The van der Waals surface area contributed by atoms with Gasteiger partial charge in [-0.2, -0.15) is 4.31 Å². The minimum Gasteiger partial charge on any atom is -0.345 e. The number of nitrogens with zero attached hydrogens (tertiary/aromatic N) is 5. The first-order valence-electron chi connectivity index (χ1n) is 10.5. The van der Waals surface area contributed by atoms with Gasteiger partial charge in [0.2, 0.25) is 15.7 Å². The lowest BCUT2D eigenvalue weighted by molar-refractivity contribution is 0.0827. The summed E-state index contributed by atoms with van der Waals surface area (Å²) >= 11 is 1.44. The maximum Gasteiger partial charge on any atom is 0.253 e. The maximum atomic E-state index is 13.0. The second-order valence-corrected chi connectivity index (χ2v) is 10.9. The van der Waals surface area contributed by atoms with Gasteiger partial charge in [0.05, 0.1) is 11.5 Å². The molecule has 0 bridgehead atoms. The first-order chi connectivity index (χ1) is 16.2. The van der Waals surface area contributed by atoms with Crippen LogP contribution in [-0.2, 0) is 10.0 Å². The number of rotatable bonds is 5. The Morgan fingerprint density at radius 2 is 1.88 bits per heavy atom. The fraction of sp³-hybridized carbons (Fsp3) is 0.250. The minimum absolute atomic E-state index is 0.0339. The average molecular weight is 494 g/mol. The van der Waals surface area contributed by atoms with Crippen LogP contribution in [0.3, 0.4) is 0 Å². The molecule has 0 radical (unpaired) electrons. The third kappa shape index (κ3) is 4.50. The standard InChI is InChI=1S/C24H23N5O3S2/c1-16-15-18(9-10-19(16)24(30)28(3)4)23-27-26-22(33-23)17-11-13-29(14-12-17)34(31,32)21-8-6-5-7-20(21)25-2/h5-11,15H,12-14H2,1,3-4H3. The molecule has 0 spiro atoms. The number of carbonyl (C=O) groups excluding carboxylic acids is 1. The molecule has 1 aromatic heterocycles. The van der Waals surface area contributed by atoms with E-state index in [1.54, 1.807) is 37.2 Å². The molecular weight excluding hydrogens is 470 g/mol. The quantitative estimate of drug-likeness (QED) is 0.496. The van der Waals surface area contributed by atoms with Gasteiger partial charge < -0.3 is 4.90 Å². The normalized spacial score (nSPS) is 14.4. The van der Waals surface area contributed by atoms with Crippen molar-refractivity contribution in [2.75, 3.05) is 27.2 Å². The zero-order chi connectivity index (χ0) is 24.5. The fourth-order valence-corrected chi connectivity index (χ4v) is 6.13. The van der Waals surface area contributed by atoms with Gasteiger partial charge in [-0.25, -0.2) is 13.3 Å². The number of sulfonamides is 1. The number of benzene rings is 2. The number of amides is 1. The van der Waals surface area contributed by atoms with Gasteiger partial charge in [0.15, 0.2) is 0 Å². The predicted molar refractivity (Wildman–Crippen MR) is 132 cm³/mol. The van der Waals surface area contributed by atoms with Crippen molar-refractivity contribution < 1.29 is 13.2 Å². The Labute approximate surface area is 203 Å². The van der Waals surface area contributed by atoms with E-state index >= 15 is 0 Å². The van der Waals surface area contributed by atoms with E-state index in [9.17, 15) is 13.2 Å². The lowest BCUT2D eigenvalue weighted by atomic mass is 10.0. The highest BCUT2D eigenvalue weighted by Gasteiger charge is 2.29. The van der Waals surface area contributed by atoms with Crippen LogP contribution in [0, 0.1) is 13.5 Å². The minimum atomic E-state index is -3.76. The van der Waals surface area contributed by atoms with Crippen LogP contribution in [0.15, 0.2) is 53.4 Å². The largest absolute Gasteiger partial charge is 0.345 e. The summed E-state index contributed by atoms with van der Waals surface area (Å²) in [5.41, 5.74) is 3.47. The molecule has 0 saturated carbocycles. The molecule has 10 heteroatoms. The second kappa shape index (κ2) is 9.46. The number of para-hydroxylation sites is 1. The summed E-state index contributed by atoms with van der Waals surface area (Å²) in [4.78, 5) is 17.2. The summed E-state index contributed by atoms with van der Waals surface area (Å²) in [5, 5.41) is 10.1. The molecular formula is C24H23N5O3S2. The van der Waals surface area contributed by atoms with Crippen molar-refractivity contribution in [2.45, 2.75) is 18.2 Å². The third-order valence-corrected chi connectivity index (χ3v) is 8.55. The van der Waals surface area contributed by atoms with Gasteiger partial charge in [0.25, 0.3) is 5.91 Å². The number of aromatic nitrogens is 2. The van der Waals surface area contributed by atoms with E-state index in [1.165, 1.54) is 27.8 Å². The van der Waals surface area contributed by atoms with Crippen molar-refractivity contribution >= 4 is 38.5 Å². The Morgan fingerprint density at radius 1 is 1.15 bits per heavy atom. The summed E-state index contributed by atoms with van der Waals surface area (Å²) in [6.45, 7) is 9.66. The maximum absolute atomic E-state index is 13.0. The van der Waals surface area contributed by atoms with Gasteiger partial charge >= 0.3 is 0 Å². The van der Waals surface area contributed by atoms with Crippen LogP contribution in [-0.4, -0.2) is 60.9 Å². The van der Waals surface area contributed by atoms with E-state index in [0.29, 0.717) is 18.5 Å². The van der Waals surface area contributed by atoms with Gasteiger partial charge in [0.1, 0.15) is 10.0 Å². The molecule has 1 aliphatic heterocycles. The van der Waals surface area contributed by atoms with Crippen LogP contribution in [0.4, 0.5) is 5.69 Å². The molecule has 1 amide bonds. The van der Waals surface area contributed by atoms with Crippen molar-refractivity contribution in [3.8, 4) is 10.6 Å². The molecule has 2 aromatic carbocycles. The van der Waals surface area contributed by atoms with E-state index in [2.05, 4.69) is 15.0 Å². The number of hydrogen-bond donors (Lipinski definition) is 0. The van der Waals surface area contributed by atoms with E-state index in [4.69, 9.17) is 6.57 Å². The molecule has 2 heterocycles. The molecule has 3 aromatic rings. The van der Waals surface area contributed by atoms with Crippen molar-refractivity contribution in [1.29, 1.82) is 0 Å². The first-order valence-corrected chi connectivity index (χ1v) is 12.8. The smallest absolute Gasteiger partial charge is 0.253 e. The summed E-state index contributed by atoms with van der Waals surface area (Å²) in [6.07, 6.45) is 2.36. The third-order valence-electron chi connectivity index (χ3n) is 5.59. The molecule has 1 aliphatic rings. The zero-order valence-electron chi connectivity index (χ0n) is 19.0. The zero-order valence-corrected chi connectivity index (χ0v) is 20.7. The molecule has 0 atom stereocenters. The van der Waals surface area contributed by atoms with Crippen LogP contribution in [0.2, 0.25) is 0 Å². The lowest BCUT2D eigenvalue weighted by Gasteiger charge is -2.25. The molecule has 0 fully saturated rings. The molecule has 4 rings (SSSR count). The Morgan fingerprint density at radius 3 is 2.53 bits per heavy atom. The van der Waals surface area contributed by atoms with E-state index in [1.807, 2.05) is 25.1 Å². The van der Waals surface area contributed by atoms with E-state index in [0.717, 1.165) is 26.7 Å². The highest BCUT2D eigenvalue weighted by atomic mass is 32.2. The topological polar surface area (TPSA) is 87.8 Å². The second-order valence-electron chi connectivity index (χ2n) is 8.06. The Balaban J connectivity index is 1.53. The highest BCUT2D eigenvalue weighted by molar-refractivity contribution is 7.89. The molecule has 0 aliphatic carbocycles. The lowest BCUT2D eigenvalue weighted by Crippen LogP contribution is -2.34. The Bertz CT molecular complexity index is 1430. The van der Waals surface area contributed by atoms with Gasteiger partial charge in [-0.1, -0.05) is 47.7 Å². The first kappa shape index (κ1) is 23.8. The summed E-state index contributed by atoms with van der Waals surface area (Å²) < 4.78 is 27.5. The van der Waals surface area contributed by atoms with Crippen LogP contribution in [0.5, 0.6) is 0 Å². The SMILES string of the molecule is [C-]#[N+]c1ccccc1S(=O)(=O)N1CC=C(c2nnc(-c3ccc(C(=O)N(C)C)c(C)c3)s2)CC1. The summed E-state index contributed by atoms with van der Waals surface area (Å²) in [5.74, 6) is -0.0482.